The van der Waals surface area contributed by atoms with Gasteiger partial charge in [-0.25, -0.2) is 4.68 Å². The molecular weight excluding hydrogens is 356 g/mol. The van der Waals surface area contributed by atoms with Crippen LogP contribution in [-0.4, -0.2) is 59.2 Å². The summed E-state index contributed by atoms with van der Waals surface area (Å²) in [7, 11) is 4.09. The Morgan fingerprint density at radius 3 is 2.85 bits per heavy atom. The Balaban J connectivity index is 1.57. The first-order chi connectivity index (χ1) is 13.0. The number of likely N-dealkylation sites (tertiary alicyclic amines) is 1. The van der Waals surface area contributed by atoms with Crippen molar-refractivity contribution in [3.8, 4) is 5.69 Å². The number of para-hydroxylation sites is 1. The molecule has 4 rings (SSSR count). The lowest BCUT2D eigenvalue weighted by Crippen LogP contribution is -2.39. The highest BCUT2D eigenvalue weighted by Crippen LogP contribution is 2.31. The van der Waals surface area contributed by atoms with Crippen LogP contribution < -0.4 is 0 Å². The second kappa shape index (κ2) is 7.44. The van der Waals surface area contributed by atoms with Crippen molar-refractivity contribution >= 4 is 27.5 Å². The molecule has 0 saturated carbocycles. The standard InChI is InChI=1S/C21H26N4OS/c1-15-18-12-19(20(26)24(3)14-16-8-7-11-23(2)13-16)27-21(18)25(22-15)17-9-5-4-6-10-17/h4-6,9-10,12,16H,7-8,11,13-14H2,1-3H3. The lowest BCUT2D eigenvalue weighted by molar-refractivity contribution is 0.0745. The Morgan fingerprint density at radius 2 is 2.11 bits per heavy atom. The van der Waals surface area contributed by atoms with Crippen LogP contribution in [0.1, 0.15) is 28.2 Å². The van der Waals surface area contributed by atoms with Crippen molar-refractivity contribution in [3.63, 3.8) is 0 Å². The molecule has 1 unspecified atom stereocenters. The number of aromatic nitrogens is 2. The molecule has 1 aromatic carbocycles. The summed E-state index contributed by atoms with van der Waals surface area (Å²) in [6, 6.07) is 12.1. The molecule has 3 heterocycles. The molecule has 1 fully saturated rings. The summed E-state index contributed by atoms with van der Waals surface area (Å²) in [5.41, 5.74) is 1.98. The van der Waals surface area contributed by atoms with Crippen molar-refractivity contribution in [2.24, 2.45) is 5.92 Å². The summed E-state index contributed by atoms with van der Waals surface area (Å²) in [6.45, 7) is 5.07. The van der Waals surface area contributed by atoms with Gasteiger partial charge >= 0.3 is 0 Å². The molecule has 27 heavy (non-hydrogen) atoms. The Labute approximate surface area is 164 Å². The number of hydrogen-bond donors (Lipinski definition) is 0. The van der Waals surface area contributed by atoms with E-state index in [1.807, 2.05) is 60.0 Å². The molecule has 1 saturated heterocycles. The summed E-state index contributed by atoms with van der Waals surface area (Å²) in [5.74, 6) is 0.678. The SMILES string of the molecule is Cc1nn(-c2ccccc2)c2sc(C(=O)N(C)CC3CCCN(C)C3)cc12. The topological polar surface area (TPSA) is 41.4 Å². The van der Waals surface area contributed by atoms with Gasteiger partial charge in [-0.1, -0.05) is 18.2 Å². The number of benzene rings is 1. The van der Waals surface area contributed by atoms with E-state index < -0.39 is 0 Å². The summed E-state index contributed by atoms with van der Waals surface area (Å²) >= 11 is 1.54. The second-order valence-electron chi connectivity index (χ2n) is 7.62. The summed E-state index contributed by atoms with van der Waals surface area (Å²) in [5, 5.41) is 5.73. The third kappa shape index (κ3) is 3.64. The minimum Gasteiger partial charge on any atom is -0.341 e. The van der Waals surface area contributed by atoms with Gasteiger partial charge in [-0.2, -0.15) is 5.10 Å². The van der Waals surface area contributed by atoms with Crippen LogP contribution in [0.25, 0.3) is 15.9 Å². The average Bonchev–Trinajstić information content (AvgIpc) is 3.22. The van der Waals surface area contributed by atoms with E-state index in [-0.39, 0.29) is 5.91 Å². The second-order valence-corrected chi connectivity index (χ2v) is 8.65. The highest BCUT2D eigenvalue weighted by Gasteiger charge is 2.23. The summed E-state index contributed by atoms with van der Waals surface area (Å²) in [6.07, 6.45) is 2.43. The number of nitrogens with zero attached hydrogens (tertiary/aromatic N) is 4. The Kier molecular flexibility index (Phi) is 5.02. The molecule has 1 aliphatic rings. The van der Waals surface area contributed by atoms with Crippen LogP contribution in [0, 0.1) is 12.8 Å². The molecule has 3 aromatic rings. The number of piperidine rings is 1. The van der Waals surface area contributed by atoms with Gasteiger partial charge in [-0.3, -0.25) is 4.79 Å². The van der Waals surface area contributed by atoms with E-state index in [9.17, 15) is 4.79 Å². The molecule has 0 bridgehead atoms. The van der Waals surface area contributed by atoms with E-state index in [1.54, 1.807) is 0 Å². The third-order valence-corrected chi connectivity index (χ3v) is 6.46. The van der Waals surface area contributed by atoms with Crippen LogP contribution in [0.4, 0.5) is 0 Å². The van der Waals surface area contributed by atoms with E-state index in [1.165, 1.54) is 30.7 Å². The molecule has 1 aliphatic heterocycles. The minimum absolute atomic E-state index is 0.114. The van der Waals surface area contributed by atoms with Crippen molar-refractivity contribution < 1.29 is 4.79 Å². The van der Waals surface area contributed by atoms with Crippen LogP contribution in [-0.2, 0) is 0 Å². The smallest absolute Gasteiger partial charge is 0.263 e. The molecule has 2 aromatic heterocycles. The first-order valence-corrected chi connectivity index (χ1v) is 10.3. The Bertz CT molecular complexity index is 946. The summed E-state index contributed by atoms with van der Waals surface area (Å²) in [4.78, 5) is 19.1. The molecule has 6 heteroatoms. The molecule has 0 spiro atoms. The van der Waals surface area contributed by atoms with Crippen LogP contribution >= 0.6 is 11.3 Å². The zero-order chi connectivity index (χ0) is 19.0. The van der Waals surface area contributed by atoms with Crippen LogP contribution in [0.2, 0.25) is 0 Å². The third-order valence-electron chi connectivity index (χ3n) is 5.36. The Hall–Kier alpha value is -2.18. The number of fused-ring (bicyclic) bond motifs is 1. The maximum Gasteiger partial charge on any atom is 0.263 e. The number of thiophene rings is 1. The molecule has 1 atom stereocenters. The fraction of sp³-hybridized carbons (Fsp3) is 0.429. The van der Waals surface area contributed by atoms with E-state index >= 15 is 0 Å². The van der Waals surface area contributed by atoms with Crippen molar-refractivity contribution in [1.29, 1.82) is 0 Å². The van der Waals surface area contributed by atoms with Gasteiger partial charge in [0, 0.05) is 25.5 Å². The van der Waals surface area contributed by atoms with Crippen LogP contribution in [0.5, 0.6) is 0 Å². The van der Waals surface area contributed by atoms with Gasteiger partial charge < -0.3 is 9.80 Å². The zero-order valence-corrected chi connectivity index (χ0v) is 17.0. The first-order valence-electron chi connectivity index (χ1n) is 9.51. The highest BCUT2D eigenvalue weighted by molar-refractivity contribution is 7.20. The van der Waals surface area contributed by atoms with Crippen LogP contribution in [0.3, 0.4) is 0 Å². The lowest BCUT2D eigenvalue weighted by Gasteiger charge is -2.32. The molecule has 142 valence electrons. The maximum atomic E-state index is 13.0. The largest absolute Gasteiger partial charge is 0.341 e. The molecule has 1 amide bonds. The van der Waals surface area contributed by atoms with Gasteiger partial charge in [0.25, 0.3) is 5.91 Å². The van der Waals surface area contributed by atoms with Crippen molar-refractivity contribution in [2.75, 3.05) is 33.7 Å². The van der Waals surface area contributed by atoms with E-state index in [0.717, 1.165) is 39.6 Å². The zero-order valence-electron chi connectivity index (χ0n) is 16.2. The number of rotatable bonds is 4. The van der Waals surface area contributed by atoms with Gasteiger partial charge in [0.2, 0.25) is 0 Å². The summed E-state index contributed by atoms with van der Waals surface area (Å²) < 4.78 is 1.95. The molecule has 0 N–H and O–H groups in total. The fourth-order valence-corrected chi connectivity index (χ4v) is 5.15. The lowest BCUT2D eigenvalue weighted by atomic mass is 9.98. The average molecular weight is 383 g/mol. The maximum absolute atomic E-state index is 13.0. The van der Waals surface area contributed by atoms with Gasteiger partial charge in [0.15, 0.2) is 0 Å². The van der Waals surface area contributed by atoms with Gasteiger partial charge in [0.1, 0.15) is 4.83 Å². The fourth-order valence-electron chi connectivity index (χ4n) is 3.98. The van der Waals surface area contributed by atoms with Crippen molar-refractivity contribution in [1.82, 2.24) is 19.6 Å². The van der Waals surface area contributed by atoms with E-state index in [0.29, 0.717) is 5.92 Å². The first kappa shape index (κ1) is 18.2. The number of carbonyl (C=O) groups is 1. The quantitative estimate of drug-likeness (QED) is 0.689. The minimum atomic E-state index is 0.114. The number of hydrogen-bond acceptors (Lipinski definition) is 4. The number of aryl methyl sites for hydroxylation is 1. The highest BCUT2D eigenvalue weighted by atomic mass is 32.1. The Morgan fingerprint density at radius 1 is 1.33 bits per heavy atom. The predicted octanol–water partition coefficient (Wildman–Crippen LogP) is 3.81. The normalized spacial score (nSPS) is 18.1. The van der Waals surface area contributed by atoms with Gasteiger partial charge in [0.05, 0.1) is 16.3 Å². The molecule has 0 radical (unpaired) electrons. The van der Waals surface area contributed by atoms with Gasteiger partial charge in [-0.05, 0) is 57.5 Å². The van der Waals surface area contributed by atoms with E-state index in [2.05, 4.69) is 17.0 Å². The van der Waals surface area contributed by atoms with Crippen LogP contribution in [0.15, 0.2) is 36.4 Å². The number of carbonyl (C=O) groups excluding carboxylic acids is 1. The van der Waals surface area contributed by atoms with Gasteiger partial charge in [-0.15, -0.1) is 11.3 Å². The predicted molar refractivity (Wildman–Crippen MR) is 111 cm³/mol. The van der Waals surface area contributed by atoms with Crippen molar-refractivity contribution in [2.45, 2.75) is 19.8 Å². The molecule has 5 nitrogen and oxygen atoms in total. The van der Waals surface area contributed by atoms with Crippen molar-refractivity contribution in [3.05, 3.63) is 47.0 Å². The molecule has 0 aliphatic carbocycles. The monoisotopic (exact) mass is 382 g/mol. The van der Waals surface area contributed by atoms with E-state index in [4.69, 9.17) is 0 Å². The molecular formula is C21H26N4OS. The number of amides is 1.